The number of para-hydroxylation sites is 1. The summed E-state index contributed by atoms with van der Waals surface area (Å²) in [5, 5.41) is 2.34. The van der Waals surface area contributed by atoms with Crippen LogP contribution in [0.25, 0.3) is 38.8 Å². The van der Waals surface area contributed by atoms with Crippen molar-refractivity contribution in [1.29, 1.82) is 0 Å². The van der Waals surface area contributed by atoms with Crippen LogP contribution in [0.5, 0.6) is 0 Å². The molecule has 5 aromatic carbocycles. The summed E-state index contributed by atoms with van der Waals surface area (Å²) in [7, 11) is 2.04. The predicted octanol–water partition coefficient (Wildman–Crippen LogP) is 8.48. The Morgan fingerprint density at radius 2 is 1.36 bits per heavy atom. The first-order valence-electron chi connectivity index (χ1n) is 14.9. The number of aromatic nitrogens is 2. The fourth-order valence-corrected chi connectivity index (χ4v) is 7.21. The van der Waals surface area contributed by atoms with Crippen molar-refractivity contribution in [1.82, 2.24) is 14.5 Å². The molecule has 0 bridgehead atoms. The Morgan fingerprint density at radius 3 is 2.09 bits per heavy atom. The Labute approximate surface area is 277 Å². The summed E-state index contributed by atoms with van der Waals surface area (Å²) in [6, 6.07) is 51.1. The molecule has 0 N–H and O–H groups in total. The van der Waals surface area contributed by atoms with Crippen LogP contribution < -0.4 is 4.90 Å². The smallest absolute Gasteiger partial charge is 0.135 e. The maximum Gasteiger partial charge on any atom is 0.135 e. The fourth-order valence-electron chi connectivity index (χ4n) is 7.21. The van der Waals surface area contributed by atoms with Crippen LogP contribution in [0.4, 0.5) is 5.69 Å². The summed E-state index contributed by atoms with van der Waals surface area (Å²) in [6.07, 6.45) is 5.98. The Hall–Kier alpha value is -4.92. The molecule has 5 heteroatoms. The molecule has 0 saturated carbocycles. The van der Waals surface area contributed by atoms with E-state index in [1.807, 2.05) is 25.4 Å². The van der Waals surface area contributed by atoms with Gasteiger partial charge in [0.1, 0.15) is 5.82 Å². The Kier molecular flexibility index (Phi) is 6.51. The van der Waals surface area contributed by atoms with Gasteiger partial charge in [0.05, 0.1) is 0 Å². The summed E-state index contributed by atoms with van der Waals surface area (Å²) in [5.74, 6) is 0.877. The van der Waals surface area contributed by atoms with Crippen molar-refractivity contribution in [3.8, 4) is 16.9 Å². The van der Waals surface area contributed by atoms with Gasteiger partial charge in [-0.3, -0.25) is 0 Å². The Balaban J connectivity index is 0.00000300. The molecule has 0 fully saturated rings. The third-order valence-electron chi connectivity index (χ3n) is 9.05. The number of hydrogen-bond acceptors (Lipinski definition) is 3. The largest absolute Gasteiger partial charge is 0.510 e. The molecule has 2 aliphatic rings. The SMILES string of the molecule is CN1C=CN(c2[c-]c(C3(c4[c-]c5c(cc4)c4ccccc4n5-c4ccccn4)c4ccccc4-c4ccccc43)ccc2)[CH-]1.[Pt]. The molecule has 0 unspecified atom stereocenters. The van der Waals surface area contributed by atoms with Crippen LogP contribution in [0.3, 0.4) is 0 Å². The molecule has 3 heterocycles. The van der Waals surface area contributed by atoms with Crippen molar-refractivity contribution in [2.75, 3.05) is 11.9 Å². The standard InChI is InChI=1S/C40H27N4.Pt/c1-42-23-24-43(27-42)30-12-10-11-28(25-30)40(35-16-5-2-13-31(35)32-14-3-6-17-36(32)40)29-20-21-34-33-15-4-7-18-37(33)44(38(34)26-29)39-19-8-9-22-41-39;/h2-24,27H,1H3;/q-3;. The van der Waals surface area contributed by atoms with E-state index >= 15 is 0 Å². The first-order chi connectivity index (χ1) is 21.7. The number of anilines is 1. The summed E-state index contributed by atoms with van der Waals surface area (Å²) in [4.78, 5) is 8.95. The van der Waals surface area contributed by atoms with E-state index in [1.54, 1.807) is 0 Å². The van der Waals surface area contributed by atoms with Crippen LogP contribution in [0.2, 0.25) is 0 Å². The van der Waals surface area contributed by atoms with Crippen molar-refractivity contribution in [2.24, 2.45) is 0 Å². The number of pyridine rings is 1. The van der Waals surface area contributed by atoms with Crippen molar-refractivity contribution < 1.29 is 21.1 Å². The average Bonchev–Trinajstić information content (AvgIpc) is 3.76. The molecule has 220 valence electrons. The predicted molar refractivity (Wildman–Crippen MR) is 177 cm³/mol. The number of benzene rings is 5. The number of nitrogens with zero attached hydrogens (tertiary/aromatic N) is 4. The molecule has 0 spiro atoms. The quantitative estimate of drug-likeness (QED) is 0.169. The van der Waals surface area contributed by atoms with Gasteiger partial charge in [0.15, 0.2) is 0 Å². The van der Waals surface area contributed by atoms with E-state index in [1.165, 1.54) is 27.6 Å². The van der Waals surface area contributed by atoms with Crippen LogP contribution in [0.15, 0.2) is 140 Å². The molecule has 0 amide bonds. The van der Waals surface area contributed by atoms with Gasteiger partial charge in [-0.05, 0) is 65.3 Å². The van der Waals surface area contributed by atoms with Crippen LogP contribution >= 0.6 is 0 Å². The molecule has 9 rings (SSSR count). The molecular formula is C40H27N4Pt-3. The average molecular weight is 759 g/mol. The summed E-state index contributed by atoms with van der Waals surface area (Å²) in [6.45, 7) is 2.07. The van der Waals surface area contributed by atoms with Crippen molar-refractivity contribution in [3.05, 3.63) is 181 Å². The number of hydrogen-bond donors (Lipinski definition) is 0. The van der Waals surface area contributed by atoms with E-state index in [9.17, 15) is 0 Å². The molecule has 4 nitrogen and oxygen atoms in total. The normalized spacial score (nSPS) is 14.5. The summed E-state index contributed by atoms with van der Waals surface area (Å²) >= 11 is 0. The second kappa shape index (κ2) is 10.6. The monoisotopic (exact) mass is 758 g/mol. The second-order valence-corrected chi connectivity index (χ2v) is 11.5. The molecule has 7 aromatic rings. The van der Waals surface area contributed by atoms with Gasteiger partial charge >= 0.3 is 0 Å². The first-order valence-corrected chi connectivity index (χ1v) is 14.9. The topological polar surface area (TPSA) is 24.3 Å². The maximum absolute atomic E-state index is 4.78. The minimum atomic E-state index is -0.627. The minimum absolute atomic E-state index is 0. The zero-order chi connectivity index (χ0) is 29.3. The van der Waals surface area contributed by atoms with Gasteiger partial charge in [-0.2, -0.15) is 49.1 Å². The van der Waals surface area contributed by atoms with E-state index in [2.05, 4.69) is 155 Å². The van der Waals surface area contributed by atoms with Crippen LogP contribution in [-0.2, 0) is 26.5 Å². The van der Waals surface area contributed by atoms with Crippen molar-refractivity contribution >= 4 is 27.5 Å². The zero-order valence-corrected chi connectivity index (χ0v) is 26.7. The van der Waals surface area contributed by atoms with Crippen LogP contribution in [0, 0.1) is 18.8 Å². The van der Waals surface area contributed by atoms with Gasteiger partial charge in [0.2, 0.25) is 0 Å². The molecule has 0 atom stereocenters. The van der Waals surface area contributed by atoms with Gasteiger partial charge in [-0.15, -0.1) is 22.2 Å². The minimum Gasteiger partial charge on any atom is -0.510 e. The van der Waals surface area contributed by atoms with Gasteiger partial charge in [-0.1, -0.05) is 78.3 Å². The van der Waals surface area contributed by atoms with Crippen LogP contribution in [0.1, 0.15) is 22.3 Å². The molecule has 0 radical (unpaired) electrons. The zero-order valence-electron chi connectivity index (χ0n) is 24.5. The van der Waals surface area contributed by atoms with Crippen LogP contribution in [-0.4, -0.2) is 21.5 Å². The Morgan fingerprint density at radius 1 is 0.644 bits per heavy atom. The molecule has 1 aliphatic heterocycles. The van der Waals surface area contributed by atoms with E-state index in [0.29, 0.717) is 0 Å². The molecule has 1 aliphatic carbocycles. The van der Waals surface area contributed by atoms with E-state index in [-0.39, 0.29) is 21.1 Å². The van der Waals surface area contributed by atoms with E-state index in [4.69, 9.17) is 4.98 Å². The van der Waals surface area contributed by atoms with Crippen molar-refractivity contribution in [3.63, 3.8) is 0 Å². The fraction of sp³-hybridized carbons (Fsp3) is 0.0500. The maximum atomic E-state index is 4.78. The Bertz CT molecular complexity index is 2210. The molecule has 45 heavy (non-hydrogen) atoms. The molecular weight excluding hydrogens is 732 g/mol. The van der Waals surface area contributed by atoms with Crippen molar-refractivity contribution in [2.45, 2.75) is 5.41 Å². The van der Waals surface area contributed by atoms with E-state index < -0.39 is 5.41 Å². The van der Waals surface area contributed by atoms with E-state index in [0.717, 1.165) is 39.1 Å². The summed E-state index contributed by atoms with van der Waals surface area (Å²) < 4.78 is 2.24. The second-order valence-electron chi connectivity index (χ2n) is 11.5. The van der Waals surface area contributed by atoms with Gasteiger partial charge < -0.3 is 14.4 Å². The van der Waals surface area contributed by atoms with Gasteiger partial charge in [0, 0.05) is 38.2 Å². The number of fused-ring (bicyclic) bond motifs is 6. The van der Waals surface area contributed by atoms with Gasteiger partial charge in [0.25, 0.3) is 0 Å². The summed E-state index contributed by atoms with van der Waals surface area (Å²) in [5.41, 5.74) is 9.62. The van der Waals surface area contributed by atoms with Gasteiger partial charge in [-0.25, -0.2) is 4.98 Å². The third-order valence-corrected chi connectivity index (χ3v) is 9.05. The first kappa shape index (κ1) is 27.6. The third kappa shape index (κ3) is 3.99. The molecule has 2 aromatic heterocycles. The number of rotatable bonds is 4. The molecule has 0 saturated heterocycles.